The van der Waals surface area contributed by atoms with E-state index in [-0.39, 0.29) is 11.7 Å². The van der Waals surface area contributed by atoms with Crippen LogP contribution in [0.2, 0.25) is 0 Å². The zero-order valence-corrected chi connectivity index (χ0v) is 15.4. The van der Waals surface area contributed by atoms with Gasteiger partial charge in [0.05, 0.1) is 12.0 Å². The summed E-state index contributed by atoms with van der Waals surface area (Å²) in [5, 5.41) is 12.9. The Labute approximate surface area is 154 Å². The zero-order valence-electron chi connectivity index (χ0n) is 12.2. The van der Waals surface area contributed by atoms with Crippen LogP contribution in [0.25, 0.3) is 10.6 Å². The molecule has 0 spiro atoms. The minimum absolute atomic E-state index is 0.211. The van der Waals surface area contributed by atoms with E-state index in [1.54, 1.807) is 12.1 Å². The average Bonchev–Trinajstić information content (AvgIpc) is 3.23. The summed E-state index contributed by atoms with van der Waals surface area (Å²) in [6.07, 6.45) is 1.44. The molecule has 0 fully saturated rings. The van der Waals surface area contributed by atoms with Crippen molar-refractivity contribution in [3.63, 3.8) is 0 Å². The highest BCUT2D eigenvalue weighted by Crippen LogP contribution is 2.28. The van der Waals surface area contributed by atoms with Crippen molar-refractivity contribution in [1.29, 1.82) is 0 Å². The summed E-state index contributed by atoms with van der Waals surface area (Å²) in [6, 6.07) is 13.3. The van der Waals surface area contributed by atoms with Crippen LogP contribution in [0.3, 0.4) is 0 Å². The van der Waals surface area contributed by atoms with Crippen molar-refractivity contribution in [3.05, 3.63) is 52.9 Å². The number of hydrazone groups is 1. The number of aromatic nitrogens is 2. The van der Waals surface area contributed by atoms with Crippen LogP contribution >= 0.6 is 39.0 Å². The van der Waals surface area contributed by atoms with Crippen molar-refractivity contribution in [2.75, 3.05) is 5.75 Å². The number of nitrogens with zero attached hydrogens (tertiary/aromatic N) is 3. The first-order valence-electron chi connectivity index (χ1n) is 6.80. The van der Waals surface area contributed by atoms with E-state index in [9.17, 15) is 4.79 Å². The van der Waals surface area contributed by atoms with Crippen LogP contribution in [0.5, 0.6) is 0 Å². The van der Waals surface area contributed by atoms with Gasteiger partial charge in [-0.05, 0) is 28.1 Å². The lowest BCUT2D eigenvalue weighted by Gasteiger charge is -1.96. The maximum atomic E-state index is 11.8. The number of hydrogen-bond donors (Lipinski definition) is 1. The third-order valence-electron chi connectivity index (χ3n) is 2.73. The fourth-order valence-corrected chi connectivity index (χ4v) is 3.66. The third-order valence-corrected chi connectivity index (χ3v) is 5.26. The van der Waals surface area contributed by atoms with Gasteiger partial charge in [0.25, 0.3) is 5.91 Å². The lowest BCUT2D eigenvalue weighted by atomic mass is 10.2. The van der Waals surface area contributed by atoms with E-state index in [0.29, 0.717) is 10.4 Å². The topological polar surface area (TPSA) is 80.4 Å². The SMILES string of the molecule is O=C(CSc1nnc(-c2ccccc2)s1)NN=Cc1ccc(Br)o1. The van der Waals surface area contributed by atoms with E-state index in [2.05, 4.69) is 36.7 Å². The second-order valence-electron chi connectivity index (χ2n) is 4.46. The Morgan fingerprint density at radius 1 is 1.29 bits per heavy atom. The summed E-state index contributed by atoms with van der Waals surface area (Å²) < 4.78 is 6.58. The van der Waals surface area contributed by atoms with E-state index in [1.807, 2.05) is 30.3 Å². The highest BCUT2D eigenvalue weighted by molar-refractivity contribution is 9.10. The number of thioether (sulfide) groups is 1. The molecule has 2 aromatic heterocycles. The van der Waals surface area contributed by atoms with Gasteiger partial charge in [0.1, 0.15) is 10.8 Å². The molecule has 9 heteroatoms. The highest BCUT2D eigenvalue weighted by atomic mass is 79.9. The van der Waals surface area contributed by atoms with Crippen LogP contribution in [0.1, 0.15) is 5.76 Å². The Kier molecular flexibility index (Phi) is 5.78. The number of furan rings is 1. The lowest BCUT2D eigenvalue weighted by molar-refractivity contribution is -0.118. The molecule has 3 rings (SSSR count). The van der Waals surface area contributed by atoms with Crippen LogP contribution in [0, 0.1) is 0 Å². The fourth-order valence-electron chi connectivity index (χ4n) is 1.69. The molecule has 122 valence electrons. The van der Waals surface area contributed by atoms with Gasteiger partial charge in [-0.15, -0.1) is 10.2 Å². The minimum Gasteiger partial charge on any atom is -0.448 e. The molecule has 6 nitrogen and oxygen atoms in total. The van der Waals surface area contributed by atoms with Gasteiger partial charge in [-0.25, -0.2) is 5.43 Å². The Balaban J connectivity index is 1.48. The van der Waals surface area contributed by atoms with Crippen molar-refractivity contribution in [1.82, 2.24) is 15.6 Å². The number of carbonyl (C=O) groups is 1. The van der Waals surface area contributed by atoms with Crippen LogP contribution in [0.15, 0.2) is 61.0 Å². The maximum Gasteiger partial charge on any atom is 0.250 e. The van der Waals surface area contributed by atoms with E-state index in [4.69, 9.17) is 4.42 Å². The maximum absolute atomic E-state index is 11.8. The number of rotatable bonds is 6. The molecule has 3 aromatic rings. The van der Waals surface area contributed by atoms with Gasteiger partial charge in [-0.3, -0.25) is 4.79 Å². The number of amides is 1. The molecule has 24 heavy (non-hydrogen) atoms. The number of halogens is 1. The fraction of sp³-hybridized carbons (Fsp3) is 0.0667. The quantitative estimate of drug-likeness (QED) is 0.371. The Morgan fingerprint density at radius 3 is 2.88 bits per heavy atom. The first-order chi connectivity index (χ1) is 11.7. The standard InChI is InChI=1S/C15H11BrN4O2S2/c16-12-7-6-11(22-12)8-17-18-13(21)9-23-15-20-19-14(24-15)10-4-2-1-3-5-10/h1-8H,9H2,(H,18,21). The van der Waals surface area contributed by atoms with E-state index in [1.165, 1.54) is 29.3 Å². The number of carbonyl (C=O) groups excluding carboxylic acids is 1. The minimum atomic E-state index is -0.224. The largest absolute Gasteiger partial charge is 0.448 e. The van der Waals surface area contributed by atoms with Gasteiger partial charge in [-0.2, -0.15) is 5.10 Å². The van der Waals surface area contributed by atoms with Crippen LogP contribution in [0.4, 0.5) is 0 Å². The van der Waals surface area contributed by atoms with Gasteiger partial charge >= 0.3 is 0 Å². The third kappa shape index (κ3) is 4.76. The van der Waals surface area contributed by atoms with Gasteiger partial charge in [0.2, 0.25) is 0 Å². The molecule has 1 amide bonds. The number of hydrogen-bond acceptors (Lipinski definition) is 7. The molecule has 0 aliphatic heterocycles. The molecule has 2 heterocycles. The predicted molar refractivity (Wildman–Crippen MR) is 98.2 cm³/mol. The predicted octanol–water partition coefficient (Wildman–Crippen LogP) is 3.80. The van der Waals surface area contributed by atoms with Crippen molar-refractivity contribution in [2.45, 2.75) is 4.34 Å². The average molecular weight is 423 g/mol. The molecule has 0 radical (unpaired) electrons. The number of nitrogens with one attached hydrogen (secondary N) is 1. The summed E-state index contributed by atoms with van der Waals surface area (Å²) in [5.74, 6) is 0.535. The summed E-state index contributed by atoms with van der Waals surface area (Å²) in [5.41, 5.74) is 3.45. The normalized spacial score (nSPS) is 11.0. The first-order valence-corrected chi connectivity index (χ1v) is 9.39. The molecule has 0 aliphatic rings. The van der Waals surface area contributed by atoms with Crippen molar-refractivity contribution in [2.24, 2.45) is 5.10 Å². The van der Waals surface area contributed by atoms with Crippen molar-refractivity contribution in [3.8, 4) is 10.6 Å². The second-order valence-corrected chi connectivity index (χ2v) is 7.44. The van der Waals surface area contributed by atoms with E-state index in [0.717, 1.165) is 14.9 Å². The lowest BCUT2D eigenvalue weighted by Crippen LogP contribution is -2.19. The number of benzene rings is 1. The zero-order chi connectivity index (χ0) is 16.8. The van der Waals surface area contributed by atoms with Gasteiger partial charge < -0.3 is 4.42 Å². The molecule has 0 saturated carbocycles. The summed E-state index contributed by atoms with van der Waals surface area (Å²) >= 11 is 5.97. The molecular weight excluding hydrogens is 412 g/mol. The van der Waals surface area contributed by atoms with Crippen LogP contribution in [-0.4, -0.2) is 28.1 Å². The molecule has 0 saturated heterocycles. The van der Waals surface area contributed by atoms with Gasteiger partial charge in [-0.1, -0.05) is 53.4 Å². The summed E-state index contributed by atoms with van der Waals surface area (Å²) in [4.78, 5) is 11.8. The van der Waals surface area contributed by atoms with Crippen molar-refractivity contribution >= 4 is 51.2 Å². The van der Waals surface area contributed by atoms with Gasteiger partial charge in [0, 0.05) is 5.56 Å². The van der Waals surface area contributed by atoms with E-state index >= 15 is 0 Å². The monoisotopic (exact) mass is 422 g/mol. The Bertz CT molecular complexity index is 848. The Hall–Kier alpha value is -1.97. The molecular formula is C15H11BrN4O2S2. The molecule has 1 aromatic carbocycles. The smallest absolute Gasteiger partial charge is 0.250 e. The molecule has 0 bridgehead atoms. The first kappa shape index (κ1) is 16.9. The summed E-state index contributed by atoms with van der Waals surface area (Å²) in [6.45, 7) is 0. The van der Waals surface area contributed by atoms with E-state index < -0.39 is 0 Å². The van der Waals surface area contributed by atoms with Crippen LogP contribution < -0.4 is 5.43 Å². The summed E-state index contributed by atoms with van der Waals surface area (Å²) in [7, 11) is 0. The molecule has 0 atom stereocenters. The second kappa shape index (κ2) is 8.22. The van der Waals surface area contributed by atoms with Crippen molar-refractivity contribution < 1.29 is 9.21 Å². The van der Waals surface area contributed by atoms with Crippen LogP contribution in [-0.2, 0) is 4.79 Å². The highest BCUT2D eigenvalue weighted by Gasteiger charge is 2.09. The molecule has 1 N–H and O–H groups in total. The van der Waals surface area contributed by atoms with Gasteiger partial charge in [0.15, 0.2) is 9.01 Å². The Morgan fingerprint density at radius 2 is 2.12 bits per heavy atom. The molecule has 0 aliphatic carbocycles. The molecule has 0 unspecified atom stereocenters.